The van der Waals surface area contributed by atoms with E-state index in [0.717, 1.165) is 36.5 Å². The Morgan fingerprint density at radius 1 is 0.875 bits per heavy atom. The number of hydrogen-bond acceptors (Lipinski definition) is 4. The summed E-state index contributed by atoms with van der Waals surface area (Å²) in [7, 11) is -4.19. The molecule has 0 unspecified atom stereocenters. The van der Waals surface area contributed by atoms with Crippen LogP contribution in [0.15, 0.2) is 83.8 Å². The average molecular weight is 451 g/mol. The molecule has 1 heterocycles. The first-order valence-electron chi connectivity index (χ1n) is 10.1. The van der Waals surface area contributed by atoms with Crippen molar-refractivity contribution in [1.82, 2.24) is 4.98 Å². The Balaban J connectivity index is 1.52. The van der Waals surface area contributed by atoms with Crippen LogP contribution in [-0.2, 0) is 10.0 Å². The van der Waals surface area contributed by atoms with E-state index in [2.05, 4.69) is 9.62 Å². The van der Waals surface area contributed by atoms with Crippen molar-refractivity contribution in [1.29, 1.82) is 0 Å². The molecule has 0 atom stereocenters. The fourth-order valence-electron chi connectivity index (χ4n) is 3.71. The van der Waals surface area contributed by atoms with Gasteiger partial charge in [0, 0.05) is 23.2 Å². The number of nitrogens with zero attached hydrogens (tertiary/aromatic N) is 2. The molecule has 5 rings (SSSR count). The molecule has 0 spiro atoms. The summed E-state index contributed by atoms with van der Waals surface area (Å²) in [5.41, 5.74) is 1.94. The van der Waals surface area contributed by atoms with Crippen LogP contribution in [0, 0.1) is 11.6 Å². The van der Waals surface area contributed by atoms with Crippen molar-refractivity contribution < 1.29 is 17.2 Å². The quantitative estimate of drug-likeness (QED) is 0.414. The lowest BCUT2D eigenvalue weighted by molar-refractivity contribution is 0.568. The lowest BCUT2D eigenvalue weighted by atomic mass is 10.2. The molecule has 1 saturated carbocycles. The Morgan fingerprint density at radius 3 is 2.28 bits per heavy atom. The van der Waals surface area contributed by atoms with Gasteiger partial charge in [-0.1, -0.05) is 24.3 Å². The molecule has 1 aliphatic carbocycles. The van der Waals surface area contributed by atoms with Crippen LogP contribution in [0.1, 0.15) is 12.8 Å². The highest BCUT2D eigenvalue weighted by Crippen LogP contribution is 2.38. The third kappa shape index (κ3) is 4.01. The minimum Gasteiger partial charge on any atom is -0.323 e. The van der Waals surface area contributed by atoms with Crippen molar-refractivity contribution in [3.8, 4) is 0 Å². The average Bonchev–Trinajstić information content (AvgIpc) is 3.59. The fourth-order valence-corrected chi connectivity index (χ4v) is 4.83. The second-order valence-electron chi connectivity index (χ2n) is 7.69. The highest BCUT2D eigenvalue weighted by molar-refractivity contribution is 7.92. The Labute approximate surface area is 184 Å². The summed E-state index contributed by atoms with van der Waals surface area (Å²) < 4.78 is 55.0. The van der Waals surface area contributed by atoms with Gasteiger partial charge in [-0.15, -0.1) is 0 Å². The van der Waals surface area contributed by atoms with Crippen LogP contribution in [0.25, 0.3) is 10.9 Å². The van der Waals surface area contributed by atoms with Crippen LogP contribution in [0.2, 0.25) is 0 Å². The van der Waals surface area contributed by atoms with Gasteiger partial charge >= 0.3 is 0 Å². The van der Waals surface area contributed by atoms with Crippen LogP contribution < -0.4 is 9.62 Å². The molecular weight excluding hydrogens is 432 g/mol. The zero-order valence-corrected chi connectivity index (χ0v) is 17.7. The van der Waals surface area contributed by atoms with Gasteiger partial charge in [-0.3, -0.25) is 4.72 Å². The maximum atomic E-state index is 13.5. The molecular formula is C24H19F2N3O2S. The molecule has 1 N–H and O–H groups in total. The van der Waals surface area contributed by atoms with Gasteiger partial charge in [0.2, 0.25) is 0 Å². The summed E-state index contributed by atoms with van der Waals surface area (Å²) in [6.45, 7) is 0. The van der Waals surface area contributed by atoms with E-state index in [1.165, 1.54) is 0 Å². The van der Waals surface area contributed by atoms with E-state index in [4.69, 9.17) is 4.98 Å². The molecule has 1 aromatic heterocycles. The van der Waals surface area contributed by atoms with E-state index >= 15 is 0 Å². The van der Waals surface area contributed by atoms with Crippen LogP contribution >= 0.6 is 0 Å². The van der Waals surface area contributed by atoms with Crippen molar-refractivity contribution in [3.63, 3.8) is 0 Å². The van der Waals surface area contributed by atoms with Gasteiger partial charge in [0.05, 0.1) is 16.1 Å². The molecule has 0 radical (unpaired) electrons. The third-order valence-corrected chi connectivity index (χ3v) is 6.65. The van der Waals surface area contributed by atoms with Crippen molar-refractivity contribution in [2.45, 2.75) is 23.8 Å². The summed E-state index contributed by atoms with van der Waals surface area (Å²) in [5.74, 6) is -1.15. The summed E-state index contributed by atoms with van der Waals surface area (Å²) >= 11 is 0. The van der Waals surface area contributed by atoms with Gasteiger partial charge in [0.15, 0.2) is 0 Å². The van der Waals surface area contributed by atoms with Gasteiger partial charge in [-0.05, 0) is 61.4 Å². The number of sulfonamides is 1. The minimum absolute atomic E-state index is 0.281. The lowest BCUT2D eigenvalue weighted by Gasteiger charge is -2.24. The largest absolute Gasteiger partial charge is 0.323 e. The topological polar surface area (TPSA) is 62.3 Å². The van der Waals surface area contributed by atoms with Gasteiger partial charge in [0.25, 0.3) is 10.0 Å². The standard InChI is InChI=1S/C24H19F2N3O2S/c25-16-13-17(26)15-20(14-16)32(30,31)28-23-8-4-7-22-21(23)11-12-24(27-22)29(19-9-10-19)18-5-2-1-3-6-18/h1-8,11-15,19,28H,9-10H2. The highest BCUT2D eigenvalue weighted by Gasteiger charge is 2.31. The molecule has 4 aromatic rings. The molecule has 32 heavy (non-hydrogen) atoms. The first kappa shape index (κ1) is 20.4. The third-order valence-electron chi connectivity index (χ3n) is 5.30. The minimum atomic E-state index is -4.19. The van der Waals surface area contributed by atoms with Crippen molar-refractivity contribution in [3.05, 3.63) is 90.5 Å². The second-order valence-corrected chi connectivity index (χ2v) is 9.37. The Bertz CT molecular complexity index is 1390. The predicted molar refractivity (Wildman–Crippen MR) is 121 cm³/mol. The first-order chi connectivity index (χ1) is 15.4. The summed E-state index contributed by atoms with van der Waals surface area (Å²) in [6.07, 6.45) is 2.16. The van der Waals surface area contributed by atoms with E-state index < -0.39 is 26.6 Å². The summed E-state index contributed by atoms with van der Waals surface area (Å²) in [4.78, 5) is 6.48. The SMILES string of the molecule is O=S(=O)(Nc1cccc2nc(N(c3ccccc3)C3CC3)ccc12)c1cc(F)cc(F)c1. The first-order valence-corrected chi connectivity index (χ1v) is 11.6. The molecule has 0 amide bonds. The van der Waals surface area contributed by atoms with E-state index in [0.29, 0.717) is 23.0 Å². The number of fused-ring (bicyclic) bond motifs is 1. The fraction of sp³-hybridized carbons (Fsp3) is 0.125. The molecule has 5 nitrogen and oxygen atoms in total. The summed E-state index contributed by atoms with van der Waals surface area (Å²) in [6, 6.07) is 21.3. The molecule has 3 aromatic carbocycles. The van der Waals surface area contributed by atoms with Gasteiger partial charge in [0.1, 0.15) is 17.5 Å². The number of para-hydroxylation sites is 1. The lowest BCUT2D eigenvalue weighted by Crippen LogP contribution is -2.20. The number of pyridine rings is 1. The van der Waals surface area contributed by atoms with Crippen LogP contribution in [0.3, 0.4) is 0 Å². The molecule has 8 heteroatoms. The zero-order chi connectivity index (χ0) is 22.3. The van der Waals surface area contributed by atoms with Crippen LogP contribution in [0.4, 0.5) is 26.0 Å². The van der Waals surface area contributed by atoms with Crippen LogP contribution in [-0.4, -0.2) is 19.4 Å². The Morgan fingerprint density at radius 2 is 1.59 bits per heavy atom. The van der Waals surface area contributed by atoms with E-state index in [1.807, 2.05) is 36.4 Å². The predicted octanol–water partition coefficient (Wildman–Crippen LogP) is 5.61. The monoisotopic (exact) mass is 451 g/mol. The van der Waals surface area contributed by atoms with E-state index in [1.54, 1.807) is 24.3 Å². The number of anilines is 3. The number of rotatable bonds is 6. The molecule has 0 bridgehead atoms. The van der Waals surface area contributed by atoms with Gasteiger partial charge in [-0.2, -0.15) is 0 Å². The molecule has 0 aliphatic heterocycles. The Hall–Kier alpha value is -3.52. The molecule has 0 saturated heterocycles. The van der Waals surface area contributed by atoms with Gasteiger partial charge in [-0.25, -0.2) is 22.2 Å². The highest BCUT2D eigenvalue weighted by atomic mass is 32.2. The van der Waals surface area contributed by atoms with Crippen molar-refractivity contribution in [2.24, 2.45) is 0 Å². The smallest absolute Gasteiger partial charge is 0.262 e. The molecule has 1 fully saturated rings. The van der Waals surface area contributed by atoms with Crippen LogP contribution in [0.5, 0.6) is 0 Å². The number of benzene rings is 3. The van der Waals surface area contributed by atoms with Crippen molar-refractivity contribution >= 4 is 38.1 Å². The number of halogens is 2. The van der Waals surface area contributed by atoms with E-state index in [-0.39, 0.29) is 5.69 Å². The second kappa shape index (κ2) is 7.87. The number of aromatic nitrogens is 1. The zero-order valence-electron chi connectivity index (χ0n) is 16.9. The molecule has 1 aliphatic rings. The number of nitrogens with one attached hydrogen (secondary N) is 1. The van der Waals surface area contributed by atoms with Crippen molar-refractivity contribution in [2.75, 3.05) is 9.62 Å². The molecule has 162 valence electrons. The Kier molecular flexibility index (Phi) is 5.01. The normalized spacial score (nSPS) is 13.8. The summed E-state index contributed by atoms with van der Waals surface area (Å²) in [5, 5.41) is 0.584. The van der Waals surface area contributed by atoms with Gasteiger partial charge < -0.3 is 4.90 Å². The van der Waals surface area contributed by atoms with E-state index in [9.17, 15) is 17.2 Å². The number of hydrogen-bond donors (Lipinski definition) is 1. The maximum Gasteiger partial charge on any atom is 0.262 e. The maximum absolute atomic E-state index is 13.5.